The molecule has 3 aromatic rings. The summed E-state index contributed by atoms with van der Waals surface area (Å²) in [6.45, 7) is 3.06. The molecule has 1 aromatic carbocycles. The van der Waals surface area contributed by atoms with Crippen molar-refractivity contribution in [1.29, 1.82) is 0 Å². The molecule has 116 valence electrons. The van der Waals surface area contributed by atoms with Gasteiger partial charge in [0.05, 0.1) is 18.5 Å². The Hall–Kier alpha value is -2.62. The Morgan fingerprint density at radius 3 is 2.65 bits per heavy atom. The van der Waals surface area contributed by atoms with E-state index >= 15 is 0 Å². The van der Waals surface area contributed by atoms with Crippen LogP contribution in [-0.2, 0) is 13.0 Å². The number of nitrogens with zero attached hydrogens (tertiary/aromatic N) is 3. The first-order valence-corrected chi connectivity index (χ1v) is 7.93. The Balaban J connectivity index is 1.90. The summed E-state index contributed by atoms with van der Waals surface area (Å²) in [7, 11) is 1.69. The summed E-state index contributed by atoms with van der Waals surface area (Å²) in [5, 5.41) is 0. The molecule has 0 radical (unpaired) electrons. The highest BCUT2D eigenvalue weighted by atomic mass is 16.5. The monoisotopic (exact) mass is 305 g/mol. The van der Waals surface area contributed by atoms with Gasteiger partial charge in [-0.2, -0.15) is 0 Å². The molecule has 2 aromatic heterocycles. The summed E-state index contributed by atoms with van der Waals surface area (Å²) in [4.78, 5) is 9.25. The molecule has 4 heteroatoms. The quantitative estimate of drug-likeness (QED) is 0.737. The van der Waals surface area contributed by atoms with Crippen molar-refractivity contribution >= 4 is 0 Å². The molecular weight excluding hydrogens is 286 g/mol. The largest absolute Gasteiger partial charge is 0.497 e. The van der Waals surface area contributed by atoms with Gasteiger partial charge < -0.3 is 9.30 Å². The minimum atomic E-state index is 0.863. The van der Waals surface area contributed by atoms with Crippen LogP contribution in [0.1, 0.15) is 17.9 Å². The van der Waals surface area contributed by atoms with Crippen LogP contribution in [0.2, 0.25) is 0 Å². The van der Waals surface area contributed by atoms with Gasteiger partial charge in [0.2, 0.25) is 0 Å². The molecule has 1 aliphatic rings. The van der Waals surface area contributed by atoms with E-state index in [1.54, 1.807) is 7.11 Å². The van der Waals surface area contributed by atoms with Crippen LogP contribution < -0.4 is 4.74 Å². The van der Waals surface area contributed by atoms with Gasteiger partial charge in [0.15, 0.2) is 0 Å². The van der Waals surface area contributed by atoms with Gasteiger partial charge in [-0.1, -0.05) is 0 Å². The molecule has 0 saturated heterocycles. The molecule has 0 aliphatic carbocycles. The number of aromatic nitrogens is 3. The van der Waals surface area contributed by atoms with Gasteiger partial charge in [0, 0.05) is 36.0 Å². The predicted octanol–water partition coefficient (Wildman–Crippen LogP) is 3.88. The molecule has 4 nitrogen and oxygen atoms in total. The van der Waals surface area contributed by atoms with E-state index in [0.717, 1.165) is 35.7 Å². The van der Waals surface area contributed by atoms with Gasteiger partial charge in [-0.25, -0.2) is 4.98 Å². The van der Waals surface area contributed by atoms with Crippen LogP contribution in [0.3, 0.4) is 0 Å². The fourth-order valence-corrected chi connectivity index (χ4v) is 3.26. The maximum Gasteiger partial charge on any atom is 0.118 e. The molecule has 1 aliphatic heterocycles. The summed E-state index contributed by atoms with van der Waals surface area (Å²) in [5.41, 5.74) is 5.58. The van der Waals surface area contributed by atoms with Crippen molar-refractivity contribution in [3.8, 4) is 28.3 Å². The van der Waals surface area contributed by atoms with Gasteiger partial charge in [0.1, 0.15) is 11.6 Å². The standard InChI is InChI=1S/C19H19N3O/c1-13-12-15(9-10-20-13)19-18(21-17-4-3-11-22(17)19)14-5-7-16(23-2)8-6-14/h5-10,12H,3-4,11H2,1-2H3. The molecule has 0 atom stereocenters. The van der Waals surface area contributed by atoms with Crippen molar-refractivity contribution in [1.82, 2.24) is 14.5 Å². The van der Waals surface area contributed by atoms with Gasteiger partial charge >= 0.3 is 0 Å². The number of hydrogen-bond acceptors (Lipinski definition) is 3. The number of aryl methyl sites for hydroxylation is 2. The lowest BCUT2D eigenvalue weighted by molar-refractivity contribution is 0.415. The topological polar surface area (TPSA) is 39.9 Å². The first-order chi connectivity index (χ1) is 11.3. The lowest BCUT2D eigenvalue weighted by atomic mass is 10.0. The molecule has 4 rings (SSSR count). The molecule has 0 spiro atoms. The first kappa shape index (κ1) is 14.0. The van der Waals surface area contributed by atoms with Gasteiger partial charge in [-0.05, 0) is 49.7 Å². The van der Waals surface area contributed by atoms with Crippen molar-refractivity contribution in [3.05, 3.63) is 54.1 Å². The van der Waals surface area contributed by atoms with E-state index in [1.165, 1.54) is 23.5 Å². The highest BCUT2D eigenvalue weighted by Crippen LogP contribution is 2.36. The molecule has 0 saturated carbocycles. The highest BCUT2D eigenvalue weighted by molar-refractivity contribution is 5.79. The van der Waals surface area contributed by atoms with Crippen LogP contribution in [0.25, 0.3) is 22.5 Å². The van der Waals surface area contributed by atoms with Gasteiger partial charge in [-0.3, -0.25) is 4.98 Å². The van der Waals surface area contributed by atoms with Crippen LogP contribution in [0.15, 0.2) is 42.6 Å². The van der Waals surface area contributed by atoms with Gasteiger partial charge in [0.25, 0.3) is 0 Å². The van der Waals surface area contributed by atoms with Crippen LogP contribution in [0, 0.1) is 6.92 Å². The minimum absolute atomic E-state index is 0.863. The summed E-state index contributed by atoms with van der Waals surface area (Å²) in [5.74, 6) is 2.04. The average Bonchev–Trinajstić information content (AvgIpc) is 3.15. The molecule has 0 unspecified atom stereocenters. The summed E-state index contributed by atoms with van der Waals surface area (Å²) < 4.78 is 7.62. The number of rotatable bonds is 3. The van der Waals surface area contributed by atoms with E-state index in [9.17, 15) is 0 Å². The first-order valence-electron chi connectivity index (χ1n) is 7.93. The third-order valence-corrected chi connectivity index (χ3v) is 4.36. The second kappa shape index (κ2) is 5.54. The maximum absolute atomic E-state index is 5.26. The number of benzene rings is 1. The smallest absolute Gasteiger partial charge is 0.118 e. The Bertz CT molecular complexity index is 850. The predicted molar refractivity (Wildman–Crippen MR) is 90.5 cm³/mol. The summed E-state index contributed by atoms with van der Waals surface area (Å²) in [6.07, 6.45) is 4.09. The molecule has 0 amide bonds. The fraction of sp³-hybridized carbons (Fsp3) is 0.263. The van der Waals surface area contributed by atoms with Crippen LogP contribution in [-0.4, -0.2) is 21.6 Å². The SMILES string of the molecule is COc1ccc(-c2nc3n(c2-c2ccnc(C)c2)CCC3)cc1. The Labute approximate surface area is 135 Å². The zero-order valence-corrected chi connectivity index (χ0v) is 13.4. The number of pyridine rings is 1. The lowest BCUT2D eigenvalue weighted by Gasteiger charge is -2.09. The molecule has 0 fully saturated rings. The van der Waals surface area contributed by atoms with Crippen molar-refractivity contribution in [2.45, 2.75) is 26.3 Å². The van der Waals surface area contributed by atoms with E-state index in [2.05, 4.69) is 33.8 Å². The lowest BCUT2D eigenvalue weighted by Crippen LogP contribution is -1.97. The van der Waals surface area contributed by atoms with Crippen molar-refractivity contribution < 1.29 is 4.74 Å². The Morgan fingerprint density at radius 1 is 1.09 bits per heavy atom. The average molecular weight is 305 g/mol. The molecule has 3 heterocycles. The number of hydrogen-bond donors (Lipinski definition) is 0. The molecular formula is C19H19N3O. The Morgan fingerprint density at radius 2 is 1.91 bits per heavy atom. The van der Waals surface area contributed by atoms with E-state index in [-0.39, 0.29) is 0 Å². The van der Waals surface area contributed by atoms with Crippen LogP contribution in [0.4, 0.5) is 0 Å². The number of fused-ring (bicyclic) bond motifs is 1. The van der Waals surface area contributed by atoms with Gasteiger partial charge in [-0.15, -0.1) is 0 Å². The number of ether oxygens (including phenoxy) is 1. The van der Waals surface area contributed by atoms with E-state index < -0.39 is 0 Å². The second-order valence-corrected chi connectivity index (χ2v) is 5.89. The van der Waals surface area contributed by atoms with Crippen molar-refractivity contribution in [3.63, 3.8) is 0 Å². The normalized spacial score (nSPS) is 13.1. The highest BCUT2D eigenvalue weighted by Gasteiger charge is 2.23. The number of imidazole rings is 1. The summed E-state index contributed by atoms with van der Waals surface area (Å²) >= 11 is 0. The Kier molecular flexibility index (Phi) is 3.37. The summed E-state index contributed by atoms with van der Waals surface area (Å²) in [6, 6.07) is 12.3. The molecule has 0 bridgehead atoms. The van der Waals surface area contributed by atoms with Crippen LogP contribution >= 0.6 is 0 Å². The van der Waals surface area contributed by atoms with Crippen molar-refractivity contribution in [2.24, 2.45) is 0 Å². The fourth-order valence-electron chi connectivity index (χ4n) is 3.26. The van der Waals surface area contributed by atoms with Crippen molar-refractivity contribution in [2.75, 3.05) is 7.11 Å². The zero-order valence-electron chi connectivity index (χ0n) is 13.4. The zero-order chi connectivity index (χ0) is 15.8. The third kappa shape index (κ3) is 2.40. The van der Waals surface area contributed by atoms with E-state index in [1.807, 2.05) is 25.3 Å². The minimum Gasteiger partial charge on any atom is -0.497 e. The van der Waals surface area contributed by atoms with Crippen LogP contribution in [0.5, 0.6) is 5.75 Å². The van der Waals surface area contributed by atoms with E-state index in [4.69, 9.17) is 9.72 Å². The number of methoxy groups -OCH3 is 1. The third-order valence-electron chi connectivity index (χ3n) is 4.36. The maximum atomic E-state index is 5.26. The molecule has 0 N–H and O–H groups in total. The second-order valence-electron chi connectivity index (χ2n) is 5.89. The van der Waals surface area contributed by atoms with E-state index in [0.29, 0.717) is 0 Å². The molecule has 23 heavy (non-hydrogen) atoms.